The van der Waals surface area contributed by atoms with Crippen LogP contribution in [-0.2, 0) is 19.1 Å². The highest BCUT2D eigenvalue weighted by Gasteiger charge is 2.42. The minimum atomic E-state index is -5.29. The maximum Gasteiger partial charge on any atom is 0.471 e. The van der Waals surface area contributed by atoms with Gasteiger partial charge in [-0.25, -0.2) is 4.79 Å². The van der Waals surface area contributed by atoms with Crippen molar-refractivity contribution in [1.82, 2.24) is 10.6 Å². The molecule has 0 aromatic carbocycles. The Morgan fingerprint density at radius 2 is 1.43 bits per heavy atom. The Morgan fingerprint density at radius 1 is 0.957 bits per heavy atom. The number of hydrogen-bond acceptors (Lipinski definition) is 4. The molecular weight excluding hydrogens is 338 g/mol. The minimum absolute atomic E-state index is 0.713. The van der Waals surface area contributed by atoms with Crippen molar-refractivity contribution in [2.75, 3.05) is 6.54 Å². The first-order valence-corrected chi connectivity index (χ1v) is 6.18. The molecule has 0 heterocycles. The first-order chi connectivity index (χ1) is 10.2. The average molecular weight is 352 g/mol. The zero-order chi connectivity index (χ0) is 18.4. The van der Waals surface area contributed by atoms with Gasteiger partial charge in [0.2, 0.25) is 0 Å². The molecule has 2 N–H and O–H groups in total. The van der Waals surface area contributed by atoms with E-state index >= 15 is 0 Å². The molecule has 0 aromatic rings. The smallest absolute Gasteiger partial charge is 0.461 e. The molecule has 0 fully saturated rings. The molecule has 1 atom stereocenters. The topological polar surface area (TPSA) is 84.5 Å². The number of hydrogen-bond donors (Lipinski definition) is 2. The fraction of sp³-hybridized carbons (Fsp3) is 0.727. The maximum absolute atomic E-state index is 12.2. The van der Waals surface area contributed by atoms with Gasteiger partial charge in [-0.1, -0.05) is 0 Å². The number of rotatable bonds is 6. The zero-order valence-electron chi connectivity index (χ0n) is 12.0. The van der Waals surface area contributed by atoms with Gasteiger partial charge in [-0.2, -0.15) is 26.3 Å². The van der Waals surface area contributed by atoms with Crippen molar-refractivity contribution in [1.29, 1.82) is 0 Å². The Labute approximate surface area is 126 Å². The van der Waals surface area contributed by atoms with Gasteiger partial charge in [0, 0.05) is 6.54 Å². The van der Waals surface area contributed by atoms with E-state index in [1.165, 1.54) is 24.5 Å². The third-order valence-electron chi connectivity index (χ3n) is 2.18. The summed E-state index contributed by atoms with van der Waals surface area (Å²) >= 11 is 0. The number of halogens is 6. The summed E-state index contributed by atoms with van der Waals surface area (Å²) in [6.07, 6.45) is -11.9. The second-order valence-corrected chi connectivity index (χ2v) is 4.55. The molecule has 2 amide bonds. The van der Waals surface area contributed by atoms with Crippen LogP contribution in [0.15, 0.2) is 0 Å². The van der Waals surface area contributed by atoms with Gasteiger partial charge in [0.05, 0.1) is 6.10 Å². The second kappa shape index (κ2) is 8.02. The molecule has 0 bridgehead atoms. The predicted molar refractivity (Wildman–Crippen MR) is 62.9 cm³/mol. The molecule has 23 heavy (non-hydrogen) atoms. The summed E-state index contributed by atoms with van der Waals surface area (Å²) < 4.78 is 76.9. The van der Waals surface area contributed by atoms with E-state index in [1.54, 1.807) is 0 Å². The van der Waals surface area contributed by atoms with Crippen LogP contribution in [0.3, 0.4) is 0 Å². The Balaban J connectivity index is 4.77. The van der Waals surface area contributed by atoms with E-state index in [4.69, 9.17) is 0 Å². The molecule has 6 nitrogen and oxygen atoms in total. The summed E-state index contributed by atoms with van der Waals surface area (Å²) in [5, 5.41) is 2.67. The molecule has 0 radical (unpaired) electrons. The van der Waals surface area contributed by atoms with E-state index in [1.807, 2.05) is 0 Å². The van der Waals surface area contributed by atoms with Crippen LogP contribution in [0.5, 0.6) is 0 Å². The quantitative estimate of drug-likeness (QED) is 0.553. The van der Waals surface area contributed by atoms with Gasteiger partial charge < -0.3 is 15.4 Å². The summed E-state index contributed by atoms with van der Waals surface area (Å²) in [5.41, 5.74) is 0. The predicted octanol–water partition coefficient (Wildman–Crippen LogP) is 1.05. The van der Waals surface area contributed by atoms with Crippen LogP contribution in [0.1, 0.15) is 20.3 Å². The van der Waals surface area contributed by atoms with Crippen molar-refractivity contribution >= 4 is 17.8 Å². The second-order valence-electron chi connectivity index (χ2n) is 4.55. The van der Waals surface area contributed by atoms with Crippen molar-refractivity contribution in [2.45, 2.75) is 44.8 Å². The molecule has 12 heteroatoms. The first-order valence-electron chi connectivity index (χ1n) is 6.18. The summed E-state index contributed by atoms with van der Waals surface area (Å²) in [6, 6.07) is -1.86. The van der Waals surface area contributed by atoms with Crippen LogP contribution < -0.4 is 10.6 Å². The maximum atomic E-state index is 12.2. The van der Waals surface area contributed by atoms with Crippen LogP contribution in [0.25, 0.3) is 0 Å². The standard InChI is InChI=1S/C11H14F6N2O4/c1-5(2)23-7(20)6(19-9(22)11(15,16)17)3-4-18-8(21)10(12,13)14/h5-6H,3-4H2,1-2H3,(H,18,21)(H,19,22). The van der Waals surface area contributed by atoms with E-state index < -0.39 is 55.2 Å². The lowest BCUT2D eigenvalue weighted by Gasteiger charge is -2.20. The fourth-order valence-corrected chi connectivity index (χ4v) is 1.23. The van der Waals surface area contributed by atoms with Gasteiger partial charge in [0.1, 0.15) is 6.04 Å². The van der Waals surface area contributed by atoms with Crippen LogP contribution in [-0.4, -0.2) is 48.8 Å². The van der Waals surface area contributed by atoms with E-state index in [2.05, 4.69) is 4.74 Å². The number of carbonyl (C=O) groups is 3. The van der Waals surface area contributed by atoms with Crippen LogP contribution in [0.4, 0.5) is 26.3 Å². The zero-order valence-corrected chi connectivity index (χ0v) is 12.0. The monoisotopic (exact) mass is 352 g/mol. The Kier molecular flexibility index (Phi) is 7.31. The molecular formula is C11H14F6N2O4. The van der Waals surface area contributed by atoms with Crippen molar-refractivity contribution in [3.8, 4) is 0 Å². The molecule has 0 aliphatic carbocycles. The van der Waals surface area contributed by atoms with E-state index in [-0.39, 0.29) is 0 Å². The molecule has 0 rings (SSSR count). The van der Waals surface area contributed by atoms with Gasteiger partial charge in [-0.15, -0.1) is 0 Å². The Hall–Kier alpha value is -2.01. The largest absolute Gasteiger partial charge is 0.471 e. The number of carbonyl (C=O) groups excluding carboxylic acids is 3. The van der Waals surface area contributed by atoms with E-state index in [0.29, 0.717) is 0 Å². The molecule has 0 aliphatic heterocycles. The lowest BCUT2D eigenvalue weighted by atomic mass is 10.2. The highest BCUT2D eigenvalue weighted by Crippen LogP contribution is 2.16. The third kappa shape index (κ3) is 8.26. The SMILES string of the molecule is CC(C)OC(=O)C(CCNC(=O)C(F)(F)F)NC(=O)C(F)(F)F. The molecule has 0 aromatic heterocycles. The van der Waals surface area contributed by atoms with Gasteiger partial charge in [0.15, 0.2) is 0 Å². The van der Waals surface area contributed by atoms with Crippen molar-refractivity contribution in [3.05, 3.63) is 0 Å². The van der Waals surface area contributed by atoms with Crippen LogP contribution in [0.2, 0.25) is 0 Å². The number of alkyl halides is 6. The number of esters is 1. The number of amides is 2. The summed E-state index contributed by atoms with van der Waals surface area (Å²) in [7, 11) is 0. The number of nitrogens with one attached hydrogen (secondary N) is 2. The first kappa shape index (κ1) is 21.0. The van der Waals surface area contributed by atoms with Crippen LogP contribution in [0, 0.1) is 0 Å². The highest BCUT2D eigenvalue weighted by atomic mass is 19.4. The van der Waals surface area contributed by atoms with Gasteiger partial charge >= 0.3 is 30.1 Å². The van der Waals surface area contributed by atoms with Gasteiger partial charge in [-0.3, -0.25) is 9.59 Å². The van der Waals surface area contributed by atoms with E-state index in [0.717, 1.165) is 0 Å². The summed E-state index contributed by atoms with van der Waals surface area (Å²) in [5.74, 6) is -6.04. The van der Waals surface area contributed by atoms with Crippen molar-refractivity contribution < 1.29 is 45.5 Å². The van der Waals surface area contributed by atoms with E-state index in [9.17, 15) is 40.7 Å². The minimum Gasteiger partial charge on any atom is -0.461 e. The highest BCUT2D eigenvalue weighted by molar-refractivity contribution is 5.87. The summed E-state index contributed by atoms with van der Waals surface area (Å²) in [4.78, 5) is 32.9. The average Bonchev–Trinajstić information content (AvgIpc) is 2.33. The fourth-order valence-electron chi connectivity index (χ4n) is 1.23. The molecule has 0 aliphatic rings. The lowest BCUT2D eigenvalue weighted by Crippen LogP contribution is -2.49. The Morgan fingerprint density at radius 3 is 1.83 bits per heavy atom. The van der Waals surface area contributed by atoms with Crippen molar-refractivity contribution in [2.24, 2.45) is 0 Å². The lowest BCUT2D eigenvalue weighted by molar-refractivity contribution is -0.176. The summed E-state index contributed by atoms with van der Waals surface area (Å²) in [6.45, 7) is 1.96. The molecule has 0 saturated heterocycles. The molecule has 134 valence electrons. The normalized spacial score (nSPS) is 13.4. The van der Waals surface area contributed by atoms with Gasteiger partial charge in [-0.05, 0) is 20.3 Å². The Bertz CT molecular complexity index is 447. The molecule has 0 spiro atoms. The third-order valence-corrected chi connectivity index (χ3v) is 2.18. The molecule has 1 unspecified atom stereocenters. The van der Waals surface area contributed by atoms with Crippen LogP contribution >= 0.6 is 0 Å². The molecule has 0 saturated carbocycles. The number of ether oxygens (including phenoxy) is 1. The van der Waals surface area contributed by atoms with Crippen molar-refractivity contribution in [3.63, 3.8) is 0 Å². The van der Waals surface area contributed by atoms with Gasteiger partial charge in [0.25, 0.3) is 0 Å².